The number of pyridine rings is 1. The van der Waals surface area contributed by atoms with Crippen molar-refractivity contribution in [1.29, 1.82) is 0 Å². The molecule has 0 aliphatic heterocycles. The molecule has 7 aromatic rings. The number of benzene rings is 4. The molecule has 0 fully saturated rings. The average Bonchev–Trinajstić information content (AvgIpc) is 3.54. The highest BCUT2D eigenvalue weighted by Gasteiger charge is 2.21. The Morgan fingerprint density at radius 1 is 0.711 bits per heavy atom. The van der Waals surface area contributed by atoms with Gasteiger partial charge in [-0.25, -0.2) is 9.67 Å². The lowest BCUT2D eigenvalue weighted by Crippen LogP contribution is -2.10. The second-order valence-electron chi connectivity index (χ2n) is 12.5. The number of aryl methyl sites for hydroxylation is 2. The number of para-hydroxylation sites is 1. The van der Waals surface area contributed by atoms with Gasteiger partial charge in [-0.15, -0.1) is 0 Å². The van der Waals surface area contributed by atoms with Crippen LogP contribution in [0.3, 0.4) is 0 Å². The number of ether oxygens (including phenoxy) is 2. The summed E-state index contributed by atoms with van der Waals surface area (Å²) in [4.78, 5) is 4.70. The summed E-state index contributed by atoms with van der Waals surface area (Å²) in [5.41, 5.74) is 8.47. The van der Waals surface area contributed by atoms with E-state index in [0.717, 1.165) is 56.1 Å². The molecular formula is C39H36N4O2. The molecule has 0 saturated heterocycles. The van der Waals surface area contributed by atoms with E-state index in [1.165, 1.54) is 10.9 Å². The van der Waals surface area contributed by atoms with Crippen LogP contribution in [0.1, 0.15) is 37.6 Å². The Kier molecular flexibility index (Phi) is 6.93. The lowest BCUT2D eigenvalue weighted by Gasteiger charge is -2.19. The van der Waals surface area contributed by atoms with Crippen molar-refractivity contribution in [2.75, 3.05) is 7.11 Å². The number of fused-ring (bicyclic) bond motifs is 3. The quantitative estimate of drug-likeness (QED) is 0.193. The van der Waals surface area contributed by atoms with Gasteiger partial charge in [0.1, 0.15) is 17.3 Å². The van der Waals surface area contributed by atoms with E-state index in [0.29, 0.717) is 11.6 Å². The molecule has 0 atom stereocenters. The van der Waals surface area contributed by atoms with Crippen molar-refractivity contribution in [3.8, 4) is 40.0 Å². The minimum absolute atomic E-state index is 0.0842. The molecule has 3 heterocycles. The van der Waals surface area contributed by atoms with Crippen LogP contribution in [0.25, 0.3) is 44.4 Å². The number of rotatable bonds is 6. The van der Waals surface area contributed by atoms with Gasteiger partial charge in [0, 0.05) is 29.1 Å². The van der Waals surface area contributed by atoms with E-state index in [2.05, 4.69) is 99.0 Å². The third-order valence-electron chi connectivity index (χ3n) is 8.32. The highest BCUT2D eigenvalue weighted by atomic mass is 16.5. The number of hydrogen-bond donors (Lipinski definition) is 0. The van der Waals surface area contributed by atoms with Crippen molar-refractivity contribution in [2.45, 2.75) is 40.0 Å². The van der Waals surface area contributed by atoms with E-state index in [4.69, 9.17) is 19.6 Å². The lowest BCUT2D eigenvalue weighted by atomic mass is 9.86. The second-order valence-corrected chi connectivity index (χ2v) is 12.5. The van der Waals surface area contributed by atoms with Crippen molar-refractivity contribution < 1.29 is 9.47 Å². The fourth-order valence-electron chi connectivity index (χ4n) is 6.06. The summed E-state index contributed by atoms with van der Waals surface area (Å²) in [6, 6.07) is 35.4. The molecular weight excluding hydrogens is 556 g/mol. The molecule has 6 heteroatoms. The Morgan fingerprint density at radius 3 is 2.22 bits per heavy atom. The molecule has 0 aliphatic carbocycles. The van der Waals surface area contributed by atoms with Crippen LogP contribution < -0.4 is 9.47 Å². The predicted octanol–water partition coefficient (Wildman–Crippen LogP) is 9.75. The highest BCUT2D eigenvalue weighted by Crippen LogP contribution is 2.38. The Labute approximate surface area is 263 Å². The van der Waals surface area contributed by atoms with Crippen molar-refractivity contribution in [2.24, 2.45) is 0 Å². The molecule has 0 saturated carbocycles. The van der Waals surface area contributed by atoms with Crippen LogP contribution in [0.5, 0.6) is 17.4 Å². The van der Waals surface area contributed by atoms with Crippen LogP contribution in [-0.2, 0) is 5.41 Å². The third kappa shape index (κ3) is 5.12. The Bertz CT molecular complexity index is 2180. The second kappa shape index (κ2) is 11.0. The first-order valence-corrected chi connectivity index (χ1v) is 15.2. The number of nitrogens with zero attached hydrogens (tertiary/aromatic N) is 4. The van der Waals surface area contributed by atoms with E-state index in [1.807, 2.05) is 54.2 Å². The predicted molar refractivity (Wildman–Crippen MR) is 182 cm³/mol. The lowest BCUT2D eigenvalue weighted by molar-refractivity contribution is 0.385. The van der Waals surface area contributed by atoms with E-state index in [1.54, 1.807) is 7.11 Å². The summed E-state index contributed by atoms with van der Waals surface area (Å²) in [5, 5.41) is 7.21. The summed E-state index contributed by atoms with van der Waals surface area (Å²) in [5.74, 6) is 3.00. The van der Waals surface area contributed by atoms with E-state index >= 15 is 0 Å². The van der Waals surface area contributed by atoms with Crippen LogP contribution in [-0.4, -0.2) is 26.4 Å². The Morgan fingerprint density at radius 2 is 1.47 bits per heavy atom. The fraction of sp³-hybridized carbons (Fsp3) is 0.179. The number of methoxy groups -OCH3 is 1. The van der Waals surface area contributed by atoms with Gasteiger partial charge >= 0.3 is 0 Å². The maximum Gasteiger partial charge on any atom is 0.224 e. The van der Waals surface area contributed by atoms with Crippen molar-refractivity contribution in [1.82, 2.24) is 19.3 Å². The first-order chi connectivity index (χ1) is 21.7. The van der Waals surface area contributed by atoms with Crippen molar-refractivity contribution in [3.05, 3.63) is 126 Å². The zero-order valence-corrected chi connectivity index (χ0v) is 26.5. The average molecular weight is 593 g/mol. The molecule has 224 valence electrons. The van der Waals surface area contributed by atoms with Crippen molar-refractivity contribution >= 4 is 21.8 Å². The van der Waals surface area contributed by atoms with Gasteiger partial charge in [0.15, 0.2) is 0 Å². The first-order valence-electron chi connectivity index (χ1n) is 15.2. The van der Waals surface area contributed by atoms with Gasteiger partial charge in [-0.05, 0) is 78.4 Å². The molecule has 7 rings (SSSR count). The third-order valence-corrected chi connectivity index (χ3v) is 8.32. The van der Waals surface area contributed by atoms with Gasteiger partial charge in [0.25, 0.3) is 0 Å². The van der Waals surface area contributed by atoms with Gasteiger partial charge in [-0.2, -0.15) is 5.10 Å². The van der Waals surface area contributed by atoms with Crippen molar-refractivity contribution in [3.63, 3.8) is 0 Å². The van der Waals surface area contributed by atoms with E-state index in [-0.39, 0.29) is 5.41 Å². The molecule has 6 nitrogen and oxygen atoms in total. The van der Waals surface area contributed by atoms with Crippen LogP contribution in [0.15, 0.2) is 109 Å². The zero-order valence-electron chi connectivity index (χ0n) is 26.5. The van der Waals surface area contributed by atoms with Crippen LogP contribution in [0, 0.1) is 13.8 Å². The fourth-order valence-corrected chi connectivity index (χ4v) is 6.06. The monoisotopic (exact) mass is 592 g/mol. The summed E-state index contributed by atoms with van der Waals surface area (Å²) >= 11 is 0. The molecule has 0 bridgehead atoms. The molecule has 4 aromatic carbocycles. The zero-order chi connectivity index (χ0) is 31.3. The normalized spacial score (nSPS) is 11.8. The number of hydrogen-bond acceptors (Lipinski definition) is 4. The molecule has 0 amide bonds. The number of aromatic nitrogens is 4. The Balaban J connectivity index is 1.26. The molecule has 45 heavy (non-hydrogen) atoms. The maximum atomic E-state index is 6.48. The van der Waals surface area contributed by atoms with Gasteiger partial charge in [-0.3, -0.25) is 4.57 Å². The van der Waals surface area contributed by atoms with E-state index < -0.39 is 0 Å². The summed E-state index contributed by atoms with van der Waals surface area (Å²) in [6.45, 7) is 10.8. The minimum Gasteiger partial charge on any atom is -0.480 e. The maximum absolute atomic E-state index is 6.48. The molecule has 0 aliphatic rings. The molecule has 0 unspecified atom stereocenters. The summed E-state index contributed by atoms with van der Waals surface area (Å²) in [6.07, 6.45) is 1.86. The van der Waals surface area contributed by atoms with Gasteiger partial charge in [-0.1, -0.05) is 69.3 Å². The first kappa shape index (κ1) is 28.4. The largest absolute Gasteiger partial charge is 0.480 e. The minimum atomic E-state index is 0.0842. The Hall–Kier alpha value is -5.36. The SMILES string of the molecule is COc1c(-c2ccc(C(C)(C)C)cc2)c(C)nn1-c1cccc(Oc2ccc3c4ccccc4n(-c4cc(C)ccn4)c3c2)c1. The highest BCUT2D eigenvalue weighted by molar-refractivity contribution is 6.09. The molecule has 0 spiro atoms. The van der Waals surface area contributed by atoms with E-state index in [9.17, 15) is 0 Å². The summed E-state index contributed by atoms with van der Waals surface area (Å²) in [7, 11) is 1.69. The topological polar surface area (TPSA) is 54.1 Å². The standard InChI is InChI=1S/C39H36N4O2/c1-25-20-21-40-36(22-25)42-34-13-8-7-12-32(34)33-19-18-31(24-35(33)42)45-30-11-9-10-29(23-30)43-38(44-6)37(26(2)41-43)27-14-16-28(17-15-27)39(3,4)5/h7-24H,1-6H3. The van der Waals surface area contributed by atoms with Crippen LogP contribution in [0.2, 0.25) is 0 Å². The molecule has 0 N–H and O–H groups in total. The smallest absolute Gasteiger partial charge is 0.224 e. The molecule has 3 aromatic heterocycles. The summed E-state index contributed by atoms with van der Waals surface area (Å²) < 4.78 is 16.5. The van der Waals surface area contributed by atoms with Gasteiger partial charge in [0.05, 0.1) is 35.1 Å². The molecule has 0 radical (unpaired) electrons. The van der Waals surface area contributed by atoms with Crippen LogP contribution >= 0.6 is 0 Å². The van der Waals surface area contributed by atoms with Gasteiger partial charge in [0.2, 0.25) is 5.88 Å². The van der Waals surface area contributed by atoms with Gasteiger partial charge < -0.3 is 9.47 Å². The van der Waals surface area contributed by atoms with Crippen LogP contribution in [0.4, 0.5) is 0 Å².